The zero-order chi connectivity index (χ0) is 19.9. The Morgan fingerprint density at radius 3 is 2.48 bits per heavy atom. The molecule has 2 aromatic rings. The second-order valence-corrected chi connectivity index (χ2v) is 7.05. The average Bonchev–Trinajstić information content (AvgIpc) is 3.37. The zero-order valence-corrected chi connectivity index (χ0v) is 15.4. The molecule has 1 aromatic heterocycles. The predicted molar refractivity (Wildman–Crippen MR) is 97.6 cm³/mol. The minimum atomic E-state index is -1.56. The number of rotatable bonds is 6. The van der Waals surface area contributed by atoms with Crippen molar-refractivity contribution in [3.05, 3.63) is 52.1 Å². The van der Waals surface area contributed by atoms with Crippen LogP contribution in [0.1, 0.15) is 50.5 Å². The molecule has 27 heavy (non-hydrogen) atoms. The lowest BCUT2D eigenvalue weighted by molar-refractivity contribution is -0.131. The number of carbonyl (C=O) groups excluding carboxylic acids is 2. The Labute approximate surface area is 156 Å². The quantitative estimate of drug-likeness (QED) is 0.602. The summed E-state index contributed by atoms with van der Waals surface area (Å²) in [5.41, 5.74) is 2.16. The van der Waals surface area contributed by atoms with Crippen molar-refractivity contribution in [2.24, 2.45) is 13.0 Å². The Hall–Kier alpha value is -2.96. The summed E-state index contributed by atoms with van der Waals surface area (Å²) in [7, 11) is 1.61. The van der Waals surface area contributed by atoms with Crippen LogP contribution in [0.15, 0.2) is 18.2 Å². The third-order valence-corrected chi connectivity index (χ3v) is 4.99. The molecule has 1 aliphatic carbocycles. The van der Waals surface area contributed by atoms with Crippen LogP contribution in [0.2, 0.25) is 0 Å². The van der Waals surface area contributed by atoms with Gasteiger partial charge in [0.2, 0.25) is 0 Å². The first-order valence-corrected chi connectivity index (χ1v) is 8.74. The zero-order valence-electron chi connectivity index (χ0n) is 15.4. The van der Waals surface area contributed by atoms with E-state index in [2.05, 4.69) is 5.32 Å². The summed E-state index contributed by atoms with van der Waals surface area (Å²) in [6, 6.07) is 4.26. The largest absolute Gasteiger partial charge is 0.475 e. The van der Waals surface area contributed by atoms with Gasteiger partial charge in [0.1, 0.15) is 11.5 Å². The summed E-state index contributed by atoms with van der Waals surface area (Å²) in [5.74, 6) is -2.96. The summed E-state index contributed by atoms with van der Waals surface area (Å²) < 4.78 is 15.0. The van der Waals surface area contributed by atoms with Gasteiger partial charge in [0, 0.05) is 18.4 Å². The number of nitrogens with one attached hydrogen (secondary N) is 1. The van der Waals surface area contributed by atoms with Crippen LogP contribution in [-0.4, -0.2) is 27.3 Å². The van der Waals surface area contributed by atoms with Crippen LogP contribution in [0.5, 0.6) is 0 Å². The fraction of sp³-hybridized carbons (Fsp3) is 0.350. The lowest BCUT2D eigenvalue weighted by Crippen LogP contribution is -2.18. The van der Waals surface area contributed by atoms with Gasteiger partial charge in [0.25, 0.3) is 11.7 Å². The predicted octanol–water partition coefficient (Wildman–Crippen LogP) is 3.25. The molecule has 1 heterocycles. The van der Waals surface area contributed by atoms with E-state index in [1.165, 1.54) is 22.8 Å². The highest BCUT2D eigenvalue weighted by molar-refractivity contribution is 6.40. The van der Waals surface area contributed by atoms with E-state index in [1.54, 1.807) is 20.9 Å². The van der Waals surface area contributed by atoms with Crippen LogP contribution < -0.4 is 5.32 Å². The molecule has 0 spiro atoms. The van der Waals surface area contributed by atoms with Gasteiger partial charge >= 0.3 is 5.97 Å². The summed E-state index contributed by atoms with van der Waals surface area (Å²) in [6.07, 6.45) is 2.70. The van der Waals surface area contributed by atoms with E-state index in [4.69, 9.17) is 5.11 Å². The van der Waals surface area contributed by atoms with Crippen molar-refractivity contribution in [3.63, 3.8) is 0 Å². The van der Waals surface area contributed by atoms with Crippen molar-refractivity contribution in [1.29, 1.82) is 0 Å². The van der Waals surface area contributed by atoms with E-state index in [-0.39, 0.29) is 11.5 Å². The number of hydrogen-bond donors (Lipinski definition) is 2. The molecule has 0 unspecified atom stereocenters. The molecule has 1 aromatic carbocycles. The van der Waals surface area contributed by atoms with Crippen molar-refractivity contribution in [2.75, 3.05) is 5.32 Å². The number of nitrogens with zero attached hydrogens (tertiary/aromatic N) is 1. The number of anilines is 1. The topological polar surface area (TPSA) is 88.4 Å². The maximum Gasteiger partial charge on any atom is 0.378 e. The van der Waals surface area contributed by atoms with Crippen LogP contribution >= 0.6 is 0 Å². The summed E-state index contributed by atoms with van der Waals surface area (Å²) in [5, 5.41) is 11.8. The van der Waals surface area contributed by atoms with Crippen LogP contribution in [0.3, 0.4) is 0 Å². The average molecular weight is 372 g/mol. The molecule has 1 saturated carbocycles. The fourth-order valence-electron chi connectivity index (χ4n) is 3.36. The molecule has 0 bridgehead atoms. The Kier molecular flexibility index (Phi) is 4.87. The van der Waals surface area contributed by atoms with Crippen molar-refractivity contribution >= 4 is 23.3 Å². The van der Waals surface area contributed by atoms with Gasteiger partial charge in [-0.1, -0.05) is 0 Å². The Bertz CT molecular complexity index is 957. The highest BCUT2D eigenvalue weighted by Gasteiger charge is 2.32. The smallest absolute Gasteiger partial charge is 0.378 e. The molecule has 0 radical (unpaired) electrons. The van der Waals surface area contributed by atoms with Gasteiger partial charge < -0.3 is 15.0 Å². The van der Waals surface area contributed by atoms with Gasteiger partial charge in [-0.25, -0.2) is 9.18 Å². The molecule has 142 valence electrons. The molecule has 3 rings (SSSR count). The van der Waals surface area contributed by atoms with E-state index in [0.717, 1.165) is 12.8 Å². The molecule has 1 amide bonds. The molecule has 1 fully saturated rings. The molecule has 0 saturated heterocycles. The molecule has 2 N–H and O–H groups in total. The first kappa shape index (κ1) is 18.8. The number of halogens is 1. The fourth-order valence-corrected chi connectivity index (χ4v) is 3.36. The van der Waals surface area contributed by atoms with Gasteiger partial charge in [-0.05, 0) is 68.4 Å². The number of carboxylic acid groups (broad SMARTS) is 1. The lowest BCUT2D eigenvalue weighted by atomic mass is 10.0. The molecule has 6 nitrogen and oxygen atoms in total. The Morgan fingerprint density at radius 1 is 1.26 bits per heavy atom. The van der Waals surface area contributed by atoms with Crippen molar-refractivity contribution in [3.8, 4) is 0 Å². The van der Waals surface area contributed by atoms with E-state index < -0.39 is 17.7 Å². The highest BCUT2D eigenvalue weighted by Crippen LogP contribution is 2.35. The Morgan fingerprint density at radius 2 is 1.93 bits per heavy atom. The number of hydrogen-bond acceptors (Lipinski definition) is 3. The first-order chi connectivity index (χ1) is 12.7. The minimum absolute atomic E-state index is 0.0126. The number of amides is 1. The summed E-state index contributed by atoms with van der Waals surface area (Å²) in [6.45, 7) is 3.18. The Balaban J connectivity index is 2.02. The van der Waals surface area contributed by atoms with Crippen LogP contribution in [0, 0.1) is 25.6 Å². The number of aromatic nitrogens is 1. The minimum Gasteiger partial charge on any atom is -0.475 e. The number of Topliss-reactive ketones (excluding diaryl/α,β-unsaturated/α-hetero) is 1. The highest BCUT2D eigenvalue weighted by atomic mass is 19.1. The molecule has 0 aliphatic heterocycles. The van der Waals surface area contributed by atoms with Crippen molar-refractivity contribution in [2.45, 2.75) is 33.1 Å². The number of carbonyl (C=O) groups is 3. The molecular weight excluding hydrogens is 351 g/mol. The van der Waals surface area contributed by atoms with Gasteiger partial charge in [-0.3, -0.25) is 9.59 Å². The summed E-state index contributed by atoms with van der Waals surface area (Å²) >= 11 is 0. The number of carboxylic acids is 1. The lowest BCUT2D eigenvalue weighted by Gasteiger charge is -2.10. The second kappa shape index (κ2) is 6.98. The SMILES string of the molecule is Cc1cc(NC(=O)c2c(C)c(C(=O)C(=O)O)n(C)c2CC2CC2)ccc1F. The number of ketones is 1. The van der Waals surface area contributed by atoms with E-state index in [9.17, 15) is 18.8 Å². The van der Waals surface area contributed by atoms with Gasteiger partial charge in [0.05, 0.1) is 5.56 Å². The van der Waals surface area contributed by atoms with Gasteiger partial charge in [0.15, 0.2) is 0 Å². The maximum absolute atomic E-state index is 13.4. The van der Waals surface area contributed by atoms with Crippen molar-refractivity contribution in [1.82, 2.24) is 4.57 Å². The third-order valence-electron chi connectivity index (χ3n) is 4.99. The molecule has 1 aliphatic rings. The number of aryl methyl sites for hydroxylation is 1. The summed E-state index contributed by atoms with van der Waals surface area (Å²) in [4.78, 5) is 36.2. The normalized spacial score (nSPS) is 13.5. The van der Waals surface area contributed by atoms with Gasteiger partial charge in [-0.2, -0.15) is 0 Å². The first-order valence-electron chi connectivity index (χ1n) is 8.74. The van der Waals surface area contributed by atoms with Gasteiger partial charge in [-0.15, -0.1) is 0 Å². The van der Waals surface area contributed by atoms with Crippen LogP contribution in [0.4, 0.5) is 10.1 Å². The van der Waals surface area contributed by atoms with E-state index in [1.807, 2.05) is 0 Å². The van der Waals surface area contributed by atoms with Crippen LogP contribution in [0.25, 0.3) is 0 Å². The molecular formula is C20H21FN2O4. The maximum atomic E-state index is 13.4. The monoisotopic (exact) mass is 372 g/mol. The molecule has 7 heteroatoms. The third kappa shape index (κ3) is 3.63. The number of aliphatic carboxylic acids is 1. The van der Waals surface area contributed by atoms with E-state index >= 15 is 0 Å². The second-order valence-electron chi connectivity index (χ2n) is 7.05. The van der Waals surface area contributed by atoms with Crippen molar-refractivity contribution < 1.29 is 23.9 Å². The van der Waals surface area contributed by atoms with E-state index in [0.29, 0.717) is 40.4 Å². The standard InChI is InChI=1S/C20H21FN2O4/c1-10-8-13(6-7-14(10)21)22-19(25)16-11(2)17(18(24)20(26)27)23(3)15(16)9-12-4-5-12/h6-8,12H,4-5,9H2,1-3H3,(H,22,25)(H,26,27). The van der Waals surface area contributed by atoms with Crippen LogP contribution in [-0.2, 0) is 18.3 Å². The molecule has 0 atom stereocenters. The number of benzene rings is 1.